The molecule has 1 aliphatic heterocycles. The molecule has 0 atom stereocenters. The number of nitrogens with zero attached hydrogens (tertiary/aromatic N) is 1. The minimum absolute atomic E-state index is 0.0257. The first kappa shape index (κ1) is 23.5. The predicted octanol–water partition coefficient (Wildman–Crippen LogP) is 4.25. The van der Waals surface area contributed by atoms with Crippen LogP contribution in [0, 0.1) is 11.3 Å². The highest BCUT2D eigenvalue weighted by molar-refractivity contribution is 7.16. The summed E-state index contributed by atoms with van der Waals surface area (Å²) in [7, 11) is 0. The van der Waals surface area contributed by atoms with Gasteiger partial charge in [-0.3, -0.25) is 4.79 Å². The Labute approximate surface area is 197 Å². The maximum Gasteiger partial charge on any atom is 0.490 e. The van der Waals surface area contributed by atoms with Crippen LogP contribution in [0.4, 0.5) is 18.2 Å². The van der Waals surface area contributed by atoms with E-state index in [-0.39, 0.29) is 21.7 Å². The summed E-state index contributed by atoms with van der Waals surface area (Å²) >= 11 is 1.17. The molecule has 2 heterocycles. The van der Waals surface area contributed by atoms with Crippen LogP contribution >= 0.6 is 11.3 Å². The fourth-order valence-corrected chi connectivity index (χ4v) is 5.03. The maximum absolute atomic E-state index is 13.8. The Morgan fingerprint density at radius 2 is 1.62 bits per heavy atom. The molecule has 2 N–H and O–H groups in total. The molecular formula is C24H18F3N3O3S. The number of carbonyl (C=O) groups excluding carboxylic acids is 2. The van der Waals surface area contributed by atoms with Gasteiger partial charge in [-0.15, -0.1) is 11.3 Å². The Morgan fingerprint density at radius 3 is 2.15 bits per heavy atom. The van der Waals surface area contributed by atoms with Crippen molar-refractivity contribution in [2.45, 2.75) is 24.7 Å². The molecule has 174 valence electrons. The number of hydrogen-bond acceptors (Lipinski definition) is 6. The molecule has 0 radical (unpaired) electrons. The molecule has 1 aromatic heterocycles. The number of hydrogen-bond donors (Lipinski definition) is 2. The molecule has 0 bridgehead atoms. The van der Waals surface area contributed by atoms with E-state index >= 15 is 0 Å². The van der Waals surface area contributed by atoms with Gasteiger partial charge in [0.15, 0.2) is 0 Å². The molecule has 10 heteroatoms. The minimum Gasteiger partial charge on any atom is -0.432 e. The second-order valence-corrected chi connectivity index (χ2v) is 8.61. The monoisotopic (exact) mass is 485 g/mol. The van der Waals surface area contributed by atoms with Crippen LogP contribution in [0.15, 0.2) is 60.7 Å². The molecule has 0 aliphatic carbocycles. The van der Waals surface area contributed by atoms with E-state index in [0.29, 0.717) is 19.5 Å². The summed E-state index contributed by atoms with van der Waals surface area (Å²) in [5, 5.41) is 15.7. The van der Waals surface area contributed by atoms with Crippen LogP contribution in [0.1, 0.15) is 27.1 Å². The molecule has 3 aromatic rings. The van der Waals surface area contributed by atoms with Crippen molar-refractivity contribution < 1.29 is 27.5 Å². The van der Waals surface area contributed by atoms with Crippen LogP contribution in [-0.2, 0) is 32.9 Å². The smallest absolute Gasteiger partial charge is 0.432 e. The van der Waals surface area contributed by atoms with Crippen molar-refractivity contribution in [3.05, 3.63) is 87.8 Å². The van der Waals surface area contributed by atoms with Crippen LogP contribution < -0.4 is 10.6 Å². The average Bonchev–Trinajstić information content (AvgIpc) is 3.19. The van der Waals surface area contributed by atoms with E-state index < -0.39 is 23.7 Å². The lowest BCUT2D eigenvalue weighted by molar-refractivity contribution is -0.211. The number of carbonyl (C=O) groups is 2. The fraction of sp³-hybridized carbons (Fsp3) is 0.208. The normalized spacial score (nSPS) is 13.5. The van der Waals surface area contributed by atoms with Gasteiger partial charge in [0.2, 0.25) is 5.60 Å². The van der Waals surface area contributed by atoms with Gasteiger partial charge < -0.3 is 15.4 Å². The highest BCUT2D eigenvalue weighted by atomic mass is 32.1. The molecule has 34 heavy (non-hydrogen) atoms. The Bertz CT molecular complexity index is 1210. The van der Waals surface area contributed by atoms with Gasteiger partial charge in [-0.2, -0.15) is 18.4 Å². The van der Waals surface area contributed by atoms with Gasteiger partial charge in [-0.05, 0) is 18.5 Å². The van der Waals surface area contributed by atoms with Gasteiger partial charge in [-0.1, -0.05) is 60.7 Å². The largest absolute Gasteiger partial charge is 0.490 e. The zero-order valence-corrected chi connectivity index (χ0v) is 18.4. The van der Waals surface area contributed by atoms with Gasteiger partial charge in [0.1, 0.15) is 11.1 Å². The topological polar surface area (TPSA) is 91.2 Å². The Morgan fingerprint density at radius 1 is 1.03 bits per heavy atom. The summed E-state index contributed by atoms with van der Waals surface area (Å²) in [6.07, 6.45) is -4.75. The lowest BCUT2D eigenvalue weighted by Gasteiger charge is -2.33. The first-order chi connectivity index (χ1) is 16.3. The lowest BCUT2D eigenvalue weighted by atomic mass is 9.85. The highest BCUT2D eigenvalue weighted by Gasteiger charge is 2.52. The third-order valence-corrected chi connectivity index (χ3v) is 6.57. The first-order valence-corrected chi connectivity index (χ1v) is 11.1. The second-order valence-electron chi connectivity index (χ2n) is 7.50. The SMILES string of the molecule is N#Cc1c(NC(=O)C(OC(=O)C(F)(F)F)(c2ccccc2)c2ccccc2)sc2c1CCNC2. The molecule has 6 nitrogen and oxygen atoms in total. The van der Waals surface area contributed by atoms with Crippen molar-refractivity contribution in [3.8, 4) is 6.07 Å². The van der Waals surface area contributed by atoms with E-state index in [0.717, 1.165) is 10.4 Å². The standard InChI is InChI=1S/C24H18F3N3O3S/c25-24(26,27)22(32)33-23(15-7-3-1-4-8-15,16-9-5-2-6-10-16)21(31)30-20-18(13-28)17-11-12-29-14-19(17)34-20/h1-10,29H,11-12,14H2,(H,30,31). The quantitative estimate of drug-likeness (QED) is 0.528. The molecule has 4 rings (SSSR count). The number of ether oxygens (including phenoxy) is 1. The molecular weight excluding hydrogens is 467 g/mol. The third kappa shape index (κ3) is 4.27. The number of alkyl halides is 3. The van der Waals surface area contributed by atoms with Crippen molar-refractivity contribution >= 4 is 28.2 Å². The summed E-state index contributed by atoms with van der Waals surface area (Å²) in [5.74, 6) is -3.53. The Balaban J connectivity index is 1.87. The molecule has 0 spiro atoms. The second kappa shape index (κ2) is 9.29. The Hall–Kier alpha value is -3.68. The number of fused-ring (bicyclic) bond motifs is 1. The van der Waals surface area contributed by atoms with Crippen molar-refractivity contribution in [1.29, 1.82) is 5.26 Å². The van der Waals surface area contributed by atoms with E-state index in [1.165, 1.54) is 59.9 Å². The van der Waals surface area contributed by atoms with Gasteiger partial charge in [0.05, 0.1) is 5.56 Å². The van der Waals surface area contributed by atoms with Crippen molar-refractivity contribution in [2.24, 2.45) is 0 Å². The molecule has 0 saturated carbocycles. The number of rotatable bonds is 5. The van der Waals surface area contributed by atoms with Gasteiger partial charge in [0, 0.05) is 22.5 Å². The number of thiophene rings is 1. The van der Waals surface area contributed by atoms with E-state index in [4.69, 9.17) is 4.74 Å². The number of halogens is 3. The molecule has 1 amide bonds. The summed E-state index contributed by atoms with van der Waals surface area (Å²) in [5.41, 5.74) is -1.36. The summed E-state index contributed by atoms with van der Waals surface area (Å²) < 4.78 is 45.0. The number of amides is 1. The zero-order valence-electron chi connectivity index (χ0n) is 17.6. The molecule has 0 fully saturated rings. The molecule has 2 aromatic carbocycles. The van der Waals surface area contributed by atoms with Gasteiger partial charge >= 0.3 is 12.1 Å². The molecule has 1 aliphatic rings. The number of nitrogens with one attached hydrogen (secondary N) is 2. The summed E-state index contributed by atoms with van der Waals surface area (Å²) in [6, 6.07) is 17.1. The van der Waals surface area contributed by atoms with E-state index in [2.05, 4.69) is 16.7 Å². The molecule has 0 saturated heterocycles. The van der Waals surface area contributed by atoms with Crippen LogP contribution in [0.25, 0.3) is 0 Å². The van der Waals surface area contributed by atoms with E-state index in [9.17, 15) is 28.0 Å². The van der Waals surface area contributed by atoms with Gasteiger partial charge in [-0.25, -0.2) is 4.79 Å². The number of anilines is 1. The van der Waals surface area contributed by atoms with Crippen molar-refractivity contribution in [1.82, 2.24) is 5.32 Å². The summed E-state index contributed by atoms with van der Waals surface area (Å²) in [6.45, 7) is 1.17. The third-order valence-electron chi connectivity index (χ3n) is 5.42. The van der Waals surface area contributed by atoms with Crippen molar-refractivity contribution in [2.75, 3.05) is 11.9 Å². The molecule has 0 unspecified atom stereocenters. The highest BCUT2D eigenvalue weighted by Crippen LogP contribution is 2.40. The Kier molecular flexibility index (Phi) is 6.41. The minimum atomic E-state index is -5.33. The van der Waals surface area contributed by atoms with Crippen molar-refractivity contribution in [3.63, 3.8) is 0 Å². The average molecular weight is 485 g/mol. The predicted molar refractivity (Wildman–Crippen MR) is 119 cm³/mol. The van der Waals surface area contributed by atoms with E-state index in [1.54, 1.807) is 12.1 Å². The number of nitriles is 1. The number of esters is 1. The fourth-order valence-electron chi connectivity index (χ4n) is 3.87. The maximum atomic E-state index is 13.8. The van der Waals surface area contributed by atoms with Crippen LogP contribution in [0.3, 0.4) is 0 Å². The number of benzene rings is 2. The van der Waals surface area contributed by atoms with Crippen LogP contribution in [-0.4, -0.2) is 24.6 Å². The van der Waals surface area contributed by atoms with Gasteiger partial charge in [0.25, 0.3) is 5.91 Å². The zero-order chi connectivity index (χ0) is 24.3. The lowest BCUT2D eigenvalue weighted by Crippen LogP contribution is -2.47. The summed E-state index contributed by atoms with van der Waals surface area (Å²) in [4.78, 5) is 26.7. The van der Waals surface area contributed by atoms with Crippen LogP contribution in [0.5, 0.6) is 0 Å². The van der Waals surface area contributed by atoms with E-state index in [1.807, 2.05) is 0 Å². The van der Waals surface area contributed by atoms with Crippen LogP contribution in [0.2, 0.25) is 0 Å². The first-order valence-electron chi connectivity index (χ1n) is 10.3.